The monoisotopic (exact) mass is 384 g/mol. The number of carbonyl (C=O) groups is 1. The third-order valence-electron chi connectivity index (χ3n) is 4.33. The molecule has 4 rings (SSSR count). The molecule has 0 radical (unpaired) electrons. The van der Waals surface area contributed by atoms with Gasteiger partial charge in [0.1, 0.15) is 12.4 Å². The quantitative estimate of drug-likeness (QED) is 0.692. The fourth-order valence-electron chi connectivity index (χ4n) is 3.01. The van der Waals surface area contributed by atoms with Crippen molar-refractivity contribution in [2.24, 2.45) is 4.99 Å². The van der Waals surface area contributed by atoms with Crippen molar-refractivity contribution in [2.75, 3.05) is 13.7 Å². The third kappa shape index (κ3) is 3.42. The summed E-state index contributed by atoms with van der Waals surface area (Å²) in [7, 11) is 1.64. The van der Waals surface area contributed by atoms with Gasteiger partial charge in [-0.3, -0.25) is 4.79 Å². The van der Waals surface area contributed by atoms with Gasteiger partial charge in [-0.25, -0.2) is 0 Å². The first kappa shape index (κ1) is 17.6. The molecular formula is C20H20N2O4S. The molecule has 1 amide bonds. The van der Waals surface area contributed by atoms with Gasteiger partial charge < -0.3 is 18.8 Å². The molecule has 140 valence electrons. The Morgan fingerprint density at radius 3 is 2.89 bits per heavy atom. The number of ether oxygens (including phenoxy) is 3. The summed E-state index contributed by atoms with van der Waals surface area (Å²) in [6.45, 7) is 3.04. The third-order valence-corrected chi connectivity index (χ3v) is 5.37. The second-order valence-corrected chi connectivity index (χ2v) is 7.19. The van der Waals surface area contributed by atoms with Gasteiger partial charge in [0.05, 0.1) is 17.3 Å². The van der Waals surface area contributed by atoms with Crippen LogP contribution in [0.5, 0.6) is 17.2 Å². The lowest BCUT2D eigenvalue weighted by Crippen LogP contribution is -2.36. The molecule has 2 aromatic carbocycles. The van der Waals surface area contributed by atoms with Gasteiger partial charge >= 0.3 is 0 Å². The van der Waals surface area contributed by atoms with Gasteiger partial charge in [-0.05, 0) is 36.8 Å². The van der Waals surface area contributed by atoms with Crippen molar-refractivity contribution in [2.45, 2.75) is 26.0 Å². The molecule has 6 nitrogen and oxygen atoms in total. The molecule has 0 fully saturated rings. The van der Waals surface area contributed by atoms with Gasteiger partial charge in [0, 0.05) is 6.54 Å². The molecule has 0 spiro atoms. The number of methoxy groups -OCH3 is 1. The number of benzene rings is 2. The Morgan fingerprint density at radius 1 is 1.30 bits per heavy atom. The molecule has 2 heterocycles. The van der Waals surface area contributed by atoms with Crippen LogP contribution < -0.4 is 19.0 Å². The maximum atomic E-state index is 12.7. The number of rotatable bonds is 4. The Morgan fingerprint density at radius 2 is 2.11 bits per heavy atom. The van der Waals surface area contributed by atoms with Crippen LogP contribution in [0.1, 0.15) is 13.3 Å². The lowest BCUT2D eigenvalue weighted by Gasteiger charge is -2.23. The van der Waals surface area contributed by atoms with E-state index in [2.05, 4.69) is 16.5 Å². The number of aryl methyl sites for hydroxylation is 1. The number of amides is 1. The highest BCUT2D eigenvalue weighted by atomic mass is 32.1. The first-order valence-electron chi connectivity index (χ1n) is 8.84. The highest BCUT2D eigenvalue weighted by Gasteiger charge is 2.27. The van der Waals surface area contributed by atoms with Crippen LogP contribution in [0.25, 0.3) is 10.2 Å². The molecule has 3 aromatic rings. The van der Waals surface area contributed by atoms with Crippen molar-refractivity contribution >= 4 is 27.5 Å². The first-order chi connectivity index (χ1) is 13.2. The van der Waals surface area contributed by atoms with Crippen LogP contribution in [0.4, 0.5) is 0 Å². The summed E-state index contributed by atoms with van der Waals surface area (Å²) >= 11 is 1.47. The Bertz CT molecular complexity index is 1050. The van der Waals surface area contributed by atoms with Gasteiger partial charge in [-0.15, -0.1) is 0 Å². The number of carbonyl (C=O) groups excluding carboxylic acids is 1. The summed E-state index contributed by atoms with van der Waals surface area (Å²) in [5.41, 5.74) is 1.04. The Kier molecular flexibility index (Phi) is 4.85. The summed E-state index contributed by atoms with van der Waals surface area (Å²) in [4.78, 5) is 17.8. The van der Waals surface area contributed by atoms with Gasteiger partial charge in [-0.1, -0.05) is 30.4 Å². The predicted molar refractivity (Wildman–Crippen MR) is 104 cm³/mol. The lowest BCUT2D eigenvalue weighted by molar-refractivity contribution is -0.127. The van der Waals surface area contributed by atoms with E-state index in [4.69, 9.17) is 14.2 Å². The van der Waals surface area contributed by atoms with Gasteiger partial charge in [0.2, 0.25) is 6.10 Å². The number of hydrogen-bond acceptors (Lipinski definition) is 5. The van der Waals surface area contributed by atoms with Crippen molar-refractivity contribution in [1.82, 2.24) is 4.57 Å². The summed E-state index contributed by atoms with van der Waals surface area (Å²) in [6, 6.07) is 13.2. The zero-order valence-corrected chi connectivity index (χ0v) is 16.0. The highest BCUT2D eigenvalue weighted by molar-refractivity contribution is 7.16. The second-order valence-electron chi connectivity index (χ2n) is 6.18. The minimum Gasteiger partial charge on any atom is -0.497 e. The zero-order chi connectivity index (χ0) is 18.8. The summed E-state index contributed by atoms with van der Waals surface area (Å²) in [5.74, 6) is 1.66. The zero-order valence-electron chi connectivity index (χ0n) is 15.2. The Labute approximate surface area is 160 Å². The van der Waals surface area contributed by atoms with Gasteiger partial charge in [-0.2, -0.15) is 4.99 Å². The molecule has 1 atom stereocenters. The standard InChI is InChI=1S/C20H20N2O4S/c1-3-10-22-14-9-8-13(24-2)11-18(14)27-20(22)21-19(23)17-12-25-15-6-4-5-7-16(15)26-17/h4-9,11,17H,3,10,12H2,1-2H3/t17-/m1/s1. The van der Waals surface area contributed by atoms with E-state index in [1.807, 2.05) is 36.4 Å². The molecule has 1 aromatic heterocycles. The van der Waals surface area contributed by atoms with E-state index in [1.54, 1.807) is 13.2 Å². The molecule has 0 unspecified atom stereocenters. The van der Waals surface area contributed by atoms with Crippen LogP contribution in [0.3, 0.4) is 0 Å². The van der Waals surface area contributed by atoms with Gasteiger partial charge in [0.25, 0.3) is 5.91 Å². The first-order valence-corrected chi connectivity index (χ1v) is 9.65. The minimum absolute atomic E-state index is 0.159. The smallest absolute Gasteiger partial charge is 0.292 e. The Balaban J connectivity index is 1.69. The molecule has 7 heteroatoms. The predicted octanol–water partition coefficient (Wildman–Crippen LogP) is 3.39. The van der Waals surface area contributed by atoms with Crippen LogP contribution in [0.15, 0.2) is 47.5 Å². The average Bonchev–Trinajstić information content (AvgIpc) is 3.04. The van der Waals surface area contributed by atoms with Crippen molar-refractivity contribution < 1.29 is 19.0 Å². The van der Waals surface area contributed by atoms with E-state index >= 15 is 0 Å². The van der Waals surface area contributed by atoms with Crippen LogP contribution in [0.2, 0.25) is 0 Å². The summed E-state index contributed by atoms with van der Waals surface area (Å²) in [5, 5.41) is 0. The van der Waals surface area contributed by atoms with Crippen LogP contribution in [-0.2, 0) is 11.3 Å². The molecular weight excluding hydrogens is 364 g/mol. The Hall–Kier alpha value is -2.80. The van der Waals surface area contributed by atoms with E-state index in [9.17, 15) is 4.79 Å². The molecule has 0 aliphatic carbocycles. The average molecular weight is 384 g/mol. The molecule has 0 saturated heterocycles. The van der Waals surface area contributed by atoms with Crippen LogP contribution >= 0.6 is 11.3 Å². The SMILES string of the molecule is CCCn1c(=NC(=O)[C@H]2COc3ccccc3O2)sc2cc(OC)ccc21. The topological polar surface area (TPSA) is 62.1 Å². The minimum atomic E-state index is -0.741. The molecule has 1 aliphatic heterocycles. The molecule has 1 aliphatic rings. The van der Waals surface area contributed by atoms with Gasteiger partial charge in [0.15, 0.2) is 16.3 Å². The maximum Gasteiger partial charge on any atom is 0.292 e. The van der Waals surface area contributed by atoms with E-state index in [1.165, 1.54) is 11.3 Å². The van der Waals surface area contributed by atoms with E-state index in [0.29, 0.717) is 16.3 Å². The normalized spacial score (nSPS) is 16.5. The fourth-order valence-corrected chi connectivity index (χ4v) is 4.10. The van der Waals surface area contributed by atoms with Crippen LogP contribution in [0, 0.1) is 0 Å². The van der Waals surface area contributed by atoms with Crippen molar-refractivity contribution in [3.05, 3.63) is 47.3 Å². The van der Waals surface area contributed by atoms with Crippen molar-refractivity contribution in [3.8, 4) is 17.2 Å². The highest BCUT2D eigenvalue weighted by Crippen LogP contribution is 2.31. The molecule has 0 bridgehead atoms. The molecule has 27 heavy (non-hydrogen) atoms. The fraction of sp³-hybridized carbons (Fsp3) is 0.300. The van der Waals surface area contributed by atoms with E-state index in [-0.39, 0.29) is 12.5 Å². The number of para-hydroxylation sites is 2. The number of thiazole rings is 1. The maximum absolute atomic E-state index is 12.7. The van der Waals surface area contributed by atoms with Crippen LogP contribution in [-0.4, -0.2) is 30.3 Å². The number of hydrogen-bond donors (Lipinski definition) is 0. The van der Waals surface area contributed by atoms with E-state index < -0.39 is 6.10 Å². The van der Waals surface area contributed by atoms with Crippen molar-refractivity contribution in [3.63, 3.8) is 0 Å². The van der Waals surface area contributed by atoms with E-state index in [0.717, 1.165) is 28.9 Å². The largest absolute Gasteiger partial charge is 0.497 e. The van der Waals surface area contributed by atoms with Crippen molar-refractivity contribution in [1.29, 1.82) is 0 Å². The summed E-state index contributed by atoms with van der Waals surface area (Å²) in [6.07, 6.45) is 0.199. The number of aromatic nitrogens is 1. The second kappa shape index (κ2) is 7.44. The molecule has 0 N–H and O–H groups in total. The number of fused-ring (bicyclic) bond motifs is 2. The number of nitrogens with zero attached hydrogens (tertiary/aromatic N) is 2. The lowest BCUT2D eigenvalue weighted by atomic mass is 10.2. The summed E-state index contributed by atoms with van der Waals surface area (Å²) < 4.78 is 19.8. The molecule has 0 saturated carbocycles.